The Balaban J connectivity index is 2.61. The number of carboxylic acids is 1. The third kappa shape index (κ3) is 6.37. The molecule has 0 bridgehead atoms. The highest BCUT2D eigenvalue weighted by molar-refractivity contribution is 8.76. The summed E-state index contributed by atoms with van der Waals surface area (Å²) >= 11 is 0. The van der Waals surface area contributed by atoms with Crippen molar-refractivity contribution in [3.8, 4) is 0 Å². The number of nitro groups is 1. The number of alkyl carbamates (subject to hydrolysis) is 1. The Morgan fingerprint density at radius 2 is 2.17 bits per heavy atom. The van der Waals surface area contributed by atoms with E-state index in [1.165, 1.54) is 39.8 Å². The fourth-order valence-corrected chi connectivity index (χ4v) is 3.44. The standard InChI is InChI=1S/C13H16N2O6S2/c1-3-14-13(18)21-7-8(2)22-23-9-4-5-11(15(19)20)10(6-9)12(16)17/h4-6,8H,3,7H2,1-2H3,(H,14,18)(H,16,17). The van der Waals surface area contributed by atoms with Gasteiger partial charge in [-0.05, 0) is 26.0 Å². The van der Waals surface area contributed by atoms with E-state index in [9.17, 15) is 19.7 Å². The largest absolute Gasteiger partial charge is 0.477 e. The molecule has 0 saturated carbocycles. The van der Waals surface area contributed by atoms with E-state index in [1.807, 2.05) is 6.92 Å². The quantitative estimate of drug-likeness (QED) is 0.412. The van der Waals surface area contributed by atoms with Crippen LogP contribution in [0.5, 0.6) is 0 Å². The molecule has 0 aliphatic heterocycles. The van der Waals surface area contributed by atoms with Gasteiger partial charge in [-0.3, -0.25) is 10.1 Å². The second-order valence-corrected chi connectivity index (χ2v) is 7.07. The summed E-state index contributed by atoms with van der Waals surface area (Å²) in [7, 11) is 2.64. The summed E-state index contributed by atoms with van der Waals surface area (Å²) in [6, 6.07) is 3.91. The third-order valence-corrected chi connectivity index (χ3v) is 5.33. The van der Waals surface area contributed by atoms with Gasteiger partial charge in [-0.25, -0.2) is 9.59 Å². The molecule has 0 aromatic heterocycles. The average Bonchev–Trinajstić information content (AvgIpc) is 2.50. The zero-order chi connectivity index (χ0) is 17.4. The molecule has 23 heavy (non-hydrogen) atoms. The molecule has 8 nitrogen and oxygen atoms in total. The van der Waals surface area contributed by atoms with Crippen LogP contribution in [0.3, 0.4) is 0 Å². The molecule has 0 aliphatic carbocycles. The summed E-state index contributed by atoms with van der Waals surface area (Å²) in [4.78, 5) is 32.9. The third-order valence-electron chi connectivity index (χ3n) is 2.47. The topological polar surface area (TPSA) is 119 Å². The van der Waals surface area contributed by atoms with Crippen molar-refractivity contribution < 1.29 is 24.4 Å². The molecule has 0 saturated heterocycles. The number of benzene rings is 1. The SMILES string of the molecule is CCNC(=O)OCC(C)SSc1ccc([N+](=O)[O-])c(C(=O)O)c1. The van der Waals surface area contributed by atoms with Crippen LogP contribution in [0.25, 0.3) is 0 Å². The number of carboxylic acid groups (broad SMARTS) is 1. The van der Waals surface area contributed by atoms with Crippen LogP contribution in [-0.4, -0.2) is 40.5 Å². The van der Waals surface area contributed by atoms with E-state index in [0.29, 0.717) is 11.4 Å². The molecule has 1 rings (SSSR count). The van der Waals surface area contributed by atoms with Gasteiger partial charge in [0, 0.05) is 22.8 Å². The predicted octanol–water partition coefficient (Wildman–Crippen LogP) is 3.17. The highest BCUT2D eigenvalue weighted by Crippen LogP contribution is 2.36. The lowest BCUT2D eigenvalue weighted by atomic mass is 10.2. The molecule has 0 heterocycles. The zero-order valence-electron chi connectivity index (χ0n) is 12.5. The van der Waals surface area contributed by atoms with Crippen LogP contribution < -0.4 is 5.32 Å². The Morgan fingerprint density at radius 1 is 1.48 bits per heavy atom. The van der Waals surface area contributed by atoms with E-state index in [-0.39, 0.29) is 17.4 Å². The maximum absolute atomic E-state index is 11.2. The molecular formula is C13H16N2O6S2. The van der Waals surface area contributed by atoms with Crippen molar-refractivity contribution in [2.75, 3.05) is 13.2 Å². The molecule has 2 N–H and O–H groups in total. The summed E-state index contributed by atoms with van der Waals surface area (Å²) in [6.07, 6.45) is -0.492. The van der Waals surface area contributed by atoms with E-state index in [1.54, 1.807) is 6.92 Å². The second kappa shape index (κ2) is 9.26. The highest BCUT2D eigenvalue weighted by Gasteiger charge is 2.20. The Bertz CT molecular complexity index is 596. The van der Waals surface area contributed by atoms with Crippen molar-refractivity contribution in [1.82, 2.24) is 5.32 Å². The van der Waals surface area contributed by atoms with Gasteiger partial charge in [0.2, 0.25) is 0 Å². The van der Waals surface area contributed by atoms with Gasteiger partial charge >= 0.3 is 12.1 Å². The maximum atomic E-state index is 11.2. The van der Waals surface area contributed by atoms with Crippen LogP contribution in [0.4, 0.5) is 10.5 Å². The molecule has 1 aromatic rings. The Morgan fingerprint density at radius 3 is 2.74 bits per heavy atom. The fourth-order valence-electron chi connectivity index (χ4n) is 1.45. The number of ether oxygens (including phenoxy) is 1. The number of aromatic carboxylic acids is 1. The minimum Gasteiger partial charge on any atom is -0.477 e. The van der Waals surface area contributed by atoms with Gasteiger partial charge in [0.05, 0.1) is 4.92 Å². The van der Waals surface area contributed by atoms with E-state index < -0.39 is 22.7 Å². The smallest absolute Gasteiger partial charge is 0.407 e. The fraction of sp³-hybridized carbons (Fsp3) is 0.385. The van der Waals surface area contributed by atoms with Gasteiger partial charge in [-0.2, -0.15) is 0 Å². The Labute approximate surface area is 140 Å². The van der Waals surface area contributed by atoms with E-state index in [4.69, 9.17) is 9.84 Å². The van der Waals surface area contributed by atoms with Crippen molar-refractivity contribution in [3.05, 3.63) is 33.9 Å². The van der Waals surface area contributed by atoms with Gasteiger partial charge in [0.25, 0.3) is 5.69 Å². The summed E-state index contributed by atoms with van der Waals surface area (Å²) in [5.41, 5.74) is -0.800. The number of carbonyl (C=O) groups is 2. The van der Waals surface area contributed by atoms with Gasteiger partial charge in [0.1, 0.15) is 12.2 Å². The van der Waals surface area contributed by atoms with Crippen LogP contribution in [0.15, 0.2) is 23.1 Å². The van der Waals surface area contributed by atoms with Crippen LogP contribution >= 0.6 is 21.6 Å². The normalized spacial score (nSPS) is 11.6. The molecule has 0 fully saturated rings. The molecule has 1 unspecified atom stereocenters. The first-order valence-electron chi connectivity index (χ1n) is 6.60. The minimum atomic E-state index is -1.35. The first-order chi connectivity index (χ1) is 10.8. The van der Waals surface area contributed by atoms with E-state index in [0.717, 1.165) is 0 Å². The molecular weight excluding hydrogens is 344 g/mol. The molecule has 10 heteroatoms. The molecule has 0 aliphatic rings. The highest BCUT2D eigenvalue weighted by atomic mass is 33.1. The van der Waals surface area contributed by atoms with Crippen LogP contribution in [0.2, 0.25) is 0 Å². The number of nitrogens with one attached hydrogen (secondary N) is 1. The van der Waals surface area contributed by atoms with Crippen molar-refractivity contribution in [3.63, 3.8) is 0 Å². The van der Waals surface area contributed by atoms with Gasteiger partial charge < -0.3 is 15.2 Å². The summed E-state index contributed by atoms with van der Waals surface area (Å²) in [5.74, 6) is -1.35. The van der Waals surface area contributed by atoms with Gasteiger partial charge in [0.15, 0.2) is 0 Å². The lowest BCUT2D eigenvalue weighted by Crippen LogP contribution is -2.25. The molecule has 0 spiro atoms. The van der Waals surface area contributed by atoms with Gasteiger partial charge in [-0.15, -0.1) is 0 Å². The molecule has 1 amide bonds. The number of nitro benzene ring substituents is 1. The summed E-state index contributed by atoms with van der Waals surface area (Å²) in [5, 5.41) is 22.3. The number of hydrogen-bond acceptors (Lipinski definition) is 7. The first kappa shape index (κ1) is 19.1. The summed E-state index contributed by atoms with van der Waals surface area (Å²) in [6.45, 7) is 4.31. The van der Waals surface area contributed by atoms with Crippen LogP contribution in [0.1, 0.15) is 24.2 Å². The monoisotopic (exact) mass is 360 g/mol. The Kier molecular flexibility index (Phi) is 7.69. The maximum Gasteiger partial charge on any atom is 0.407 e. The van der Waals surface area contributed by atoms with Crippen molar-refractivity contribution in [2.24, 2.45) is 0 Å². The van der Waals surface area contributed by atoms with Crippen molar-refractivity contribution >= 4 is 39.3 Å². The first-order valence-corrected chi connectivity index (χ1v) is 8.82. The zero-order valence-corrected chi connectivity index (χ0v) is 14.1. The van der Waals surface area contributed by atoms with Crippen LogP contribution in [-0.2, 0) is 4.74 Å². The average molecular weight is 360 g/mol. The number of rotatable bonds is 8. The van der Waals surface area contributed by atoms with E-state index in [2.05, 4.69) is 5.32 Å². The Hall–Kier alpha value is -1.94. The second-order valence-electron chi connectivity index (χ2n) is 4.36. The number of amides is 1. The number of hydrogen-bond donors (Lipinski definition) is 2. The number of carbonyl (C=O) groups excluding carboxylic acids is 1. The minimum absolute atomic E-state index is 0.0360. The molecule has 1 atom stereocenters. The van der Waals surface area contributed by atoms with Crippen molar-refractivity contribution in [2.45, 2.75) is 24.0 Å². The summed E-state index contributed by atoms with van der Waals surface area (Å²) < 4.78 is 4.98. The lowest BCUT2D eigenvalue weighted by Gasteiger charge is -2.11. The van der Waals surface area contributed by atoms with Crippen molar-refractivity contribution in [1.29, 1.82) is 0 Å². The van der Waals surface area contributed by atoms with E-state index >= 15 is 0 Å². The molecule has 1 aromatic carbocycles. The molecule has 126 valence electrons. The number of nitrogens with zero attached hydrogens (tertiary/aromatic N) is 1. The van der Waals surface area contributed by atoms with Crippen LogP contribution in [0, 0.1) is 10.1 Å². The van der Waals surface area contributed by atoms with Gasteiger partial charge in [-0.1, -0.05) is 21.6 Å². The predicted molar refractivity (Wildman–Crippen MR) is 88.0 cm³/mol. The molecule has 0 radical (unpaired) electrons. The lowest BCUT2D eigenvalue weighted by molar-refractivity contribution is -0.385.